The molecule has 6 nitrogen and oxygen atoms in total. The topological polar surface area (TPSA) is 116 Å². The van der Waals surface area contributed by atoms with E-state index in [4.69, 9.17) is 20.9 Å². The molecule has 0 heterocycles. The molecule has 0 bridgehead atoms. The Morgan fingerprint density at radius 2 is 1.94 bits per heavy atom. The molecule has 7 heteroatoms. The van der Waals surface area contributed by atoms with Crippen molar-refractivity contribution in [3.8, 4) is 0 Å². The van der Waals surface area contributed by atoms with Crippen LogP contribution in [-0.4, -0.2) is 47.4 Å². The Bertz CT molecular complexity index is 383. The van der Waals surface area contributed by atoms with Crippen LogP contribution in [0.4, 0.5) is 0 Å². The zero-order chi connectivity index (χ0) is 13.5. The summed E-state index contributed by atoms with van der Waals surface area (Å²) in [4.78, 5) is 10.3. The van der Waals surface area contributed by atoms with E-state index in [0.29, 0.717) is 18.4 Å². The van der Waals surface area contributed by atoms with Gasteiger partial charge in [-0.2, -0.15) is 0 Å². The van der Waals surface area contributed by atoms with Crippen LogP contribution in [0.5, 0.6) is 0 Å². The highest BCUT2D eigenvalue weighted by Gasteiger charge is 2.10. The van der Waals surface area contributed by atoms with Gasteiger partial charge in [-0.05, 0) is 17.4 Å². The second-order valence-corrected chi connectivity index (χ2v) is 4.10. The van der Waals surface area contributed by atoms with E-state index < -0.39 is 13.1 Å². The van der Waals surface area contributed by atoms with Gasteiger partial charge in [-0.1, -0.05) is 24.3 Å². The van der Waals surface area contributed by atoms with Gasteiger partial charge in [0.05, 0.1) is 6.54 Å². The third-order valence-corrected chi connectivity index (χ3v) is 2.46. The molecule has 1 atom stereocenters. The Hall–Kier alpha value is -1.41. The van der Waals surface area contributed by atoms with E-state index in [9.17, 15) is 4.79 Å². The van der Waals surface area contributed by atoms with Crippen molar-refractivity contribution in [2.45, 2.75) is 12.5 Å². The number of hydrogen-bond acceptors (Lipinski definition) is 5. The maximum Gasteiger partial charge on any atom is 0.488 e. The van der Waals surface area contributed by atoms with E-state index in [1.54, 1.807) is 24.3 Å². The van der Waals surface area contributed by atoms with Crippen molar-refractivity contribution in [2.75, 3.05) is 13.1 Å². The van der Waals surface area contributed by atoms with Crippen molar-refractivity contribution >= 4 is 18.6 Å². The molecule has 0 saturated carbocycles. The molecule has 0 radical (unpaired) electrons. The first-order valence-electron chi connectivity index (χ1n) is 5.62. The summed E-state index contributed by atoms with van der Waals surface area (Å²) in [5.41, 5.74) is 7.22. The first kappa shape index (κ1) is 14.7. The molecule has 1 rings (SSSR count). The second-order valence-electron chi connectivity index (χ2n) is 4.10. The molecule has 0 saturated heterocycles. The van der Waals surface area contributed by atoms with Gasteiger partial charge in [-0.3, -0.25) is 4.79 Å². The third-order valence-electron chi connectivity index (χ3n) is 2.46. The first-order valence-corrected chi connectivity index (χ1v) is 5.62. The minimum atomic E-state index is -1.47. The van der Waals surface area contributed by atoms with Gasteiger partial charge < -0.3 is 26.2 Å². The predicted molar refractivity (Wildman–Crippen MR) is 68.5 cm³/mol. The number of carbonyl (C=O) groups is 1. The van der Waals surface area contributed by atoms with Crippen LogP contribution < -0.4 is 16.5 Å². The van der Waals surface area contributed by atoms with E-state index in [1.807, 2.05) is 0 Å². The molecular formula is C11H17BN2O4. The van der Waals surface area contributed by atoms with E-state index in [0.717, 1.165) is 5.56 Å². The van der Waals surface area contributed by atoms with E-state index in [-0.39, 0.29) is 12.6 Å². The van der Waals surface area contributed by atoms with Gasteiger partial charge in [0.1, 0.15) is 0 Å². The molecule has 0 aromatic heterocycles. The third kappa shape index (κ3) is 5.28. The predicted octanol–water partition coefficient (Wildman–Crippen LogP) is -2.09. The summed E-state index contributed by atoms with van der Waals surface area (Å²) in [7, 11) is -1.47. The smallest absolute Gasteiger partial charge is 0.480 e. The minimum absolute atomic E-state index is 0.108. The summed E-state index contributed by atoms with van der Waals surface area (Å²) in [6.45, 7) is 0.306. The summed E-state index contributed by atoms with van der Waals surface area (Å²) in [5, 5.41) is 29.0. The molecule has 0 fully saturated rings. The molecule has 1 unspecified atom stereocenters. The number of nitrogens with two attached hydrogens (primary N) is 1. The quantitative estimate of drug-likeness (QED) is 0.355. The fourth-order valence-corrected chi connectivity index (χ4v) is 1.57. The number of aliphatic carboxylic acids is 1. The standard InChI is InChI=1S/C11H17BN2O4/c13-10(6-14-7-11(15)16)5-8-1-3-9(4-2-8)12(17)18/h1-4,10,14,17-18H,5-7,13H2,(H,15,16). The van der Waals surface area contributed by atoms with Gasteiger partial charge in [-0.25, -0.2) is 0 Å². The van der Waals surface area contributed by atoms with Crippen LogP contribution in [0, 0.1) is 0 Å². The normalized spacial score (nSPS) is 12.2. The van der Waals surface area contributed by atoms with Gasteiger partial charge in [0, 0.05) is 12.6 Å². The maximum absolute atomic E-state index is 10.3. The van der Waals surface area contributed by atoms with Gasteiger partial charge >= 0.3 is 13.1 Å². The van der Waals surface area contributed by atoms with Crippen LogP contribution in [0.1, 0.15) is 5.56 Å². The zero-order valence-corrected chi connectivity index (χ0v) is 9.91. The average molecular weight is 252 g/mol. The van der Waals surface area contributed by atoms with Crippen molar-refractivity contribution in [3.05, 3.63) is 29.8 Å². The Morgan fingerprint density at radius 3 is 2.44 bits per heavy atom. The summed E-state index contributed by atoms with van der Waals surface area (Å²) >= 11 is 0. The number of carboxylic acid groups (broad SMARTS) is 1. The lowest BCUT2D eigenvalue weighted by atomic mass is 9.80. The monoisotopic (exact) mass is 252 g/mol. The lowest BCUT2D eigenvalue weighted by molar-refractivity contribution is -0.135. The summed E-state index contributed by atoms with van der Waals surface area (Å²) in [6.07, 6.45) is 0.592. The van der Waals surface area contributed by atoms with Crippen molar-refractivity contribution in [3.63, 3.8) is 0 Å². The van der Waals surface area contributed by atoms with E-state index in [1.165, 1.54) is 0 Å². The lowest BCUT2D eigenvalue weighted by Crippen LogP contribution is -2.37. The fourth-order valence-electron chi connectivity index (χ4n) is 1.57. The van der Waals surface area contributed by atoms with Crippen LogP contribution in [0.15, 0.2) is 24.3 Å². The minimum Gasteiger partial charge on any atom is -0.480 e. The Labute approximate surface area is 106 Å². The van der Waals surface area contributed by atoms with Crippen LogP contribution in [0.3, 0.4) is 0 Å². The lowest BCUT2D eigenvalue weighted by Gasteiger charge is -2.12. The highest BCUT2D eigenvalue weighted by Crippen LogP contribution is 2.00. The molecule has 0 spiro atoms. The molecule has 98 valence electrons. The molecule has 0 aliphatic rings. The van der Waals surface area contributed by atoms with Gasteiger partial charge in [0.25, 0.3) is 0 Å². The SMILES string of the molecule is NC(CNCC(=O)O)Cc1ccc(B(O)O)cc1. The molecule has 0 aliphatic heterocycles. The fraction of sp³-hybridized carbons (Fsp3) is 0.364. The summed E-state index contributed by atoms with van der Waals surface area (Å²) in [5.74, 6) is -0.913. The van der Waals surface area contributed by atoms with Crippen LogP contribution in [0.25, 0.3) is 0 Å². The highest BCUT2D eigenvalue weighted by atomic mass is 16.4. The highest BCUT2D eigenvalue weighted by molar-refractivity contribution is 6.58. The van der Waals surface area contributed by atoms with Crippen LogP contribution in [0.2, 0.25) is 0 Å². The second kappa shape index (κ2) is 7.12. The maximum atomic E-state index is 10.3. The number of rotatable bonds is 7. The average Bonchev–Trinajstić information content (AvgIpc) is 2.29. The first-order chi connectivity index (χ1) is 8.49. The molecule has 6 N–H and O–H groups in total. The van der Waals surface area contributed by atoms with Crippen molar-refractivity contribution < 1.29 is 19.9 Å². The van der Waals surface area contributed by atoms with Gasteiger partial charge in [0.2, 0.25) is 0 Å². The van der Waals surface area contributed by atoms with Crippen LogP contribution in [-0.2, 0) is 11.2 Å². The zero-order valence-electron chi connectivity index (χ0n) is 9.91. The van der Waals surface area contributed by atoms with Crippen molar-refractivity contribution in [1.29, 1.82) is 0 Å². The molecule has 1 aromatic carbocycles. The number of carboxylic acids is 1. The van der Waals surface area contributed by atoms with E-state index in [2.05, 4.69) is 5.32 Å². The van der Waals surface area contributed by atoms with Gasteiger partial charge in [0.15, 0.2) is 0 Å². The van der Waals surface area contributed by atoms with Crippen LogP contribution >= 0.6 is 0 Å². The number of benzene rings is 1. The molecular weight excluding hydrogens is 235 g/mol. The number of nitrogens with one attached hydrogen (secondary N) is 1. The summed E-state index contributed by atoms with van der Waals surface area (Å²) < 4.78 is 0. The van der Waals surface area contributed by atoms with Crippen molar-refractivity contribution in [2.24, 2.45) is 5.73 Å². The Balaban J connectivity index is 2.39. The number of hydrogen-bond donors (Lipinski definition) is 5. The Morgan fingerprint density at radius 1 is 1.33 bits per heavy atom. The largest absolute Gasteiger partial charge is 0.488 e. The molecule has 1 aromatic rings. The molecule has 18 heavy (non-hydrogen) atoms. The van der Waals surface area contributed by atoms with Crippen molar-refractivity contribution in [1.82, 2.24) is 5.32 Å². The van der Waals surface area contributed by atoms with Gasteiger partial charge in [-0.15, -0.1) is 0 Å². The summed E-state index contributed by atoms with van der Waals surface area (Å²) in [6, 6.07) is 6.60. The molecule has 0 amide bonds. The Kier molecular flexibility index (Phi) is 5.80. The van der Waals surface area contributed by atoms with E-state index >= 15 is 0 Å². The molecule has 0 aliphatic carbocycles.